The molecular weight excluding hydrogens is 389 g/mol. The maximum Gasteiger partial charge on any atom is 0.316 e. The van der Waals surface area contributed by atoms with Gasteiger partial charge in [0.15, 0.2) is 0 Å². The molecular formula is C16H16FN7O3S. The van der Waals surface area contributed by atoms with Crippen LogP contribution in [0.15, 0.2) is 41.6 Å². The topological polar surface area (TPSA) is 127 Å². The fourth-order valence-corrected chi connectivity index (χ4v) is 4.51. The monoisotopic (exact) mass is 405 g/mol. The van der Waals surface area contributed by atoms with E-state index in [1.165, 1.54) is 16.4 Å². The van der Waals surface area contributed by atoms with Crippen LogP contribution in [0.4, 0.5) is 4.39 Å². The molecule has 3 aromatic rings. The van der Waals surface area contributed by atoms with Gasteiger partial charge in [0.25, 0.3) is 0 Å². The van der Waals surface area contributed by atoms with Gasteiger partial charge in [-0.1, -0.05) is 0 Å². The number of benzene rings is 1. The number of nitrogens with one attached hydrogen (secondary N) is 1. The molecule has 2 aromatic heterocycles. The summed E-state index contributed by atoms with van der Waals surface area (Å²) in [5.41, 5.74) is -0.0441. The summed E-state index contributed by atoms with van der Waals surface area (Å²) in [6.07, 6.45) is 4.04. The van der Waals surface area contributed by atoms with Crippen molar-refractivity contribution in [1.29, 1.82) is 0 Å². The Bertz CT molecular complexity index is 1050. The van der Waals surface area contributed by atoms with Crippen LogP contribution in [0, 0.1) is 5.82 Å². The van der Waals surface area contributed by atoms with Gasteiger partial charge in [-0.15, -0.1) is 10.2 Å². The van der Waals surface area contributed by atoms with Gasteiger partial charge in [0.05, 0.1) is 17.0 Å². The molecule has 0 bridgehead atoms. The molecule has 0 spiro atoms. The minimum Gasteiger partial charge on any atom is -0.459 e. The third kappa shape index (κ3) is 3.68. The number of aromatic nitrogens is 6. The third-order valence-electron chi connectivity index (χ3n) is 4.32. The van der Waals surface area contributed by atoms with Gasteiger partial charge in [-0.05, 0) is 42.3 Å². The van der Waals surface area contributed by atoms with E-state index in [1.54, 1.807) is 18.5 Å². The van der Waals surface area contributed by atoms with Crippen LogP contribution in [0.3, 0.4) is 0 Å². The van der Waals surface area contributed by atoms with Crippen molar-refractivity contribution in [3.05, 3.63) is 42.5 Å². The highest BCUT2D eigenvalue weighted by Crippen LogP contribution is 2.27. The first-order valence-electron chi connectivity index (χ1n) is 8.51. The van der Waals surface area contributed by atoms with Crippen molar-refractivity contribution in [2.75, 3.05) is 13.1 Å². The highest BCUT2D eigenvalue weighted by Gasteiger charge is 2.32. The largest absolute Gasteiger partial charge is 0.459 e. The Kier molecular flexibility index (Phi) is 4.96. The molecule has 28 heavy (non-hydrogen) atoms. The smallest absolute Gasteiger partial charge is 0.316 e. The number of hydrogen-bond acceptors (Lipinski definition) is 8. The number of ether oxygens (including phenoxy) is 1. The van der Waals surface area contributed by atoms with Crippen molar-refractivity contribution in [2.24, 2.45) is 0 Å². The first-order valence-corrected chi connectivity index (χ1v) is 9.95. The second-order valence-corrected chi connectivity index (χ2v) is 8.09. The molecule has 146 valence electrons. The molecule has 12 heteroatoms. The summed E-state index contributed by atoms with van der Waals surface area (Å²) in [4.78, 5) is 7.95. The average molecular weight is 405 g/mol. The maximum atomic E-state index is 14.1. The normalized spacial score (nSPS) is 18.1. The van der Waals surface area contributed by atoms with Crippen molar-refractivity contribution in [3.63, 3.8) is 0 Å². The number of nitrogens with zero attached hydrogens (tertiary/aromatic N) is 6. The van der Waals surface area contributed by atoms with Crippen molar-refractivity contribution < 1.29 is 17.5 Å². The van der Waals surface area contributed by atoms with Gasteiger partial charge in [0, 0.05) is 18.9 Å². The minimum atomic E-state index is -3.86. The summed E-state index contributed by atoms with van der Waals surface area (Å²) in [5, 5.41) is 13.0. The quantitative estimate of drug-likeness (QED) is 0.667. The molecule has 1 unspecified atom stereocenters. The van der Waals surface area contributed by atoms with Gasteiger partial charge in [-0.2, -0.15) is 9.52 Å². The standard InChI is InChI=1S/C16H16FN7O3S/c17-14-5-4-12(9-13(14)15-20-22-23-21-15)28(25,26)24-8-1-3-11(10-24)27-16-18-6-2-7-19-16/h2,4-7,9,11H,1,3,8,10H2,(H,20,21,22,23). The molecule has 1 aliphatic heterocycles. The fourth-order valence-electron chi connectivity index (χ4n) is 2.98. The van der Waals surface area contributed by atoms with Crippen LogP contribution in [0.5, 0.6) is 6.01 Å². The van der Waals surface area contributed by atoms with Crippen LogP contribution >= 0.6 is 0 Å². The highest BCUT2D eigenvalue weighted by atomic mass is 32.2. The molecule has 1 saturated heterocycles. The Balaban J connectivity index is 1.57. The summed E-state index contributed by atoms with van der Waals surface area (Å²) in [5.74, 6) is -0.655. The van der Waals surface area contributed by atoms with Crippen molar-refractivity contribution >= 4 is 10.0 Å². The molecule has 0 amide bonds. The number of H-pyrrole nitrogens is 1. The SMILES string of the molecule is O=S(=O)(c1ccc(F)c(-c2nn[nH]n2)c1)N1CCCC(Oc2ncccn2)C1. The molecule has 1 aromatic carbocycles. The second-order valence-electron chi connectivity index (χ2n) is 6.15. The minimum absolute atomic E-state index is 0.0179. The van der Waals surface area contributed by atoms with Gasteiger partial charge in [0.1, 0.15) is 11.9 Å². The van der Waals surface area contributed by atoms with Crippen molar-refractivity contribution in [2.45, 2.75) is 23.8 Å². The van der Waals surface area contributed by atoms with E-state index in [-0.39, 0.29) is 34.9 Å². The van der Waals surface area contributed by atoms with Gasteiger partial charge in [0.2, 0.25) is 15.8 Å². The molecule has 0 radical (unpaired) electrons. The van der Waals surface area contributed by atoms with Crippen molar-refractivity contribution in [1.82, 2.24) is 34.9 Å². The number of piperidine rings is 1. The molecule has 4 rings (SSSR count). The lowest BCUT2D eigenvalue weighted by atomic mass is 10.1. The van der Waals surface area contributed by atoms with E-state index >= 15 is 0 Å². The fraction of sp³-hybridized carbons (Fsp3) is 0.312. The lowest BCUT2D eigenvalue weighted by Gasteiger charge is -2.31. The van der Waals surface area contributed by atoms with Crippen LogP contribution in [0.25, 0.3) is 11.4 Å². The van der Waals surface area contributed by atoms with Crippen LogP contribution in [-0.4, -0.2) is 62.5 Å². The van der Waals surface area contributed by atoms with Gasteiger partial charge >= 0.3 is 6.01 Å². The van der Waals surface area contributed by atoms with E-state index in [4.69, 9.17) is 4.74 Å². The molecule has 1 N–H and O–H groups in total. The molecule has 1 aliphatic rings. The van der Waals surface area contributed by atoms with Crippen LogP contribution in [-0.2, 0) is 10.0 Å². The lowest BCUT2D eigenvalue weighted by Crippen LogP contribution is -2.44. The van der Waals surface area contributed by atoms with Crippen LogP contribution in [0.1, 0.15) is 12.8 Å². The third-order valence-corrected chi connectivity index (χ3v) is 6.18. The first kappa shape index (κ1) is 18.4. The van der Waals surface area contributed by atoms with Crippen LogP contribution in [0.2, 0.25) is 0 Å². The Hall–Kier alpha value is -2.99. The zero-order valence-electron chi connectivity index (χ0n) is 14.6. The number of rotatable bonds is 5. The zero-order chi connectivity index (χ0) is 19.6. The van der Waals surface area contributed by atoms with E-state index in [9.17, 15) is 12.8 Å². The van der Waals surface area contributed by atoms with E-state index in [1.807, 2.05) is 0 Å². The number of tetrazole rings is 1. The summed E-state index contributed by atoms with van der Waals surface area (Å²) in [6.45, 7) is 0.488. The molecule has 0 saturated carbocycles. The number of halogens is 1. The molecule has 0 aliphatic carbocycles. The summed E-state index contributed by atoms with van der Waals surface area (Å²) < 4.78 is 47.3. The summed E-state index contributed by atoms with van der Waals surface area (Å²) in [6, 6.07) is 5.38. The molecule has 10 nitrogen and oxygen atoms in total. The second kappa shape index (κ2) is 7.56. The Morgan fingerprint density at radius 3 is 2.82 bits per heavy atom. The summed E-state index contributed by atoms with van der Waals surface area (Å²) >= 11 is 0. The first-order chi connectivity index (χ1) is 13.5. The maximum absolute atomic E-state index is 14.1. The zero-order valence-corrected chi connectivity index (χ0v) is 15.4. The molecule has 1 atom stereocenters. The Morgan fingerprint density at radius 2 is 2.07 bits per heavy atom. The van der Waals surface area contributed by atoms with Crippen molar-refractivity contribution in [3.8, 4) is 17.4 Å². The van der Waals surface area contributed by atoms with Crippen LogP contribution < -0.4 is 4.74 Å². The van der Waals surface area contributed by atoms with Gasteiger partial charge in [-0.3, -0.25) is 0 Å². The predicted octanol–water partition coefficient (Wildman–Crippen LogP) is 1.03. The van der Waals surface area contributed by atoms with Gasteiger partial charge in [-0.25, -0.2) is 22.8 Å². The lowest BCUT2D eigenvalue weighted by molar-refractivity contribution is 0.119. The summed E-state index contributed by atoms with van der Waals surface area (Å²) in [7, 11) is -3.86. The highest BCUT2D eigenvalue weighted by molar-refractivity contribution is 7.89. The van der Waals surface area contributed by atoms with E-state index in [2.05, 4.69) is 30.6 Å². The number of hydrogen-bond donors (Lipinski definition) is 1. The van der Waals surface area contributed by atoms with E-state index in [0.29, 0.717) is 19.4 Å². The molecule has 1 fully saturated rings. The predicted molar refractivity (Wildman–Crippen MR) is 94.0 cm³/mol. The Morgan fingerprint density at radius 1 is 1.25 bits per heavy atom. The van der Waals surface area contributed by atoms with E-state index < -0.39 is 15.8 Å². The molecule has 3 heterocycles. The van der Waals surface area contributed by atoms with E-state index in [0.717, 1.165) is 6.07 Å². The van der Waals surface area contributed by atoms with Gasteiger partial charge < -0.3 is 4.74 Å². The number of sulfonamides is 1. The average Bonchev–Trinajstić information content (AvgIpc) is 3.24. The Labute approximate surface area is 159 Å². The number of aromatic amines is 1.